The molecule has 1 aliphatic rings. The molecule has 0 bridgehead atoms. The zero-order chi connectivity index (χ0) is 15.6. The molecule has 1 saturated carbocycles. The van der Waals surface area contributed by atoms with Crippen LogP contribution in [0.15, 0.2) is 16.6 Å². The maximum atomic E-state index is 13.5. The van der Waals surface area contributed by atoms with Crippen molar-refractivity contribution >= 4 is 33.6 Å². The number of carbonyl (C=O) groups excluding carboxylic acids is 1. The average Bonchev–Trinajstić information content (AvgIpc) is 2.84. The maximum Gasteiger partial charge on any atom is 0.319 e. The van der Waals surface area contributed by atoms with E-state index < -0.39 is 29.6 Å². The van der Waals surface area contributed by atoms with Crippen LogP contribution in [0.5, 0.6) is 0 Å². The van der Waals surface area contributed by atoms with Crippen LogP contribution in [-0.4, -0.2) is 23.1 Å². The van der Waals surface area contributed by atoms with Gasteiger partial charge in [0, 0.05) is 12.1 Å². The van der Waals surface area contributed by atoms with Gasteiger partial charge in [0.1, 0.15) is 11.6 Å². The lowest BCUT2D eigenvalue weighted by atomic mass is 10.1. The second-order valence-corrected chi connectivity index (χ2v) is 5.74. The fourth-order valence-electron chi connectivity index (χ4n) is 2.30. The number of carbonyl (C=O) groups is 2. The second-order valence-electron chi connectivity index (χ2n) is 4.89. The largest absolute Gasteiger partial charge is 0.481 e. The van der Waals surface area contributed by atoms with Gasteiger partial charge >= 0.3 is 12.0 Å². The van der Waals surface area contributed by atoms with Crippen LogP contribution < -0.4 is 10.6 Å². The van der Waals surface area contributed by atoms with E-state index in [2.05, 4.69) is 26.6 Å². The highest BCUT2D eigenvalue weighted by Gasteiger charge is 2.30. The summed E-state index contributed by atoms with van der Waals surface area (Å²) in [4.78, 5) is 22.6. The Bertz CT molecular complexity index is 583. The Kier molecular flexibility index (Phi) is 4.76. The fraction of sp³-hybridized carbons (Fsp3) is 0.385. The highest BCUT2D eigenvalue weighted by Crippen LogP contribution is 2.26. The van der Waals surface area contributed by atoms with Crippen LogP contribution in [0.4, 0.5) is 19.3 Å². The first-order valence-electron chi connectivity index (χ1n) is 6.31. The van der Waals surface area contributed by atoms with Crippen LogP contribution in [0.2, 0.25) is 0 Å². The molecular formula is C13H13BrF2N2O3. The molecule has 0 aromatic heterocycles. The lowest BCUT2D eigenvalue weighted by Crippen LogP contribution is -2.36. The normalized spacial score (nSPS) is 21.1. The van der Waals surface area contributed by atoms with E-state index in [0.717, 1.165) is 6.07 Å². The number of amides is 2. The monoisotopic (exact) mass is 362 g/mol. The van der Waals surface area contributed by atoms with Gasteiger partial charge in [0.2, 0.25) is 0 Å². The van der Waals surface area contributed by atoms with E-state index in [1.54, 1.807) is 0 Å². The topological polar surface area (TPSA) is 78.4 Å². The average molecular weight is 363 g/mol. The number of anilines is 1. The zero-order valence-electron chi connectivity index (χ0n) is 10.8. The third-order valence-electron chi connectivity index (χ3n) is 3.38. The van der Waals surface area contributed by atoms with Crippen LogP contribution in [0, 0.1) is 17.6 Å². The van der Waals surface area contributed by atoms with E-state index in [9.17, 15) is 18.4 Å². The Balaban J connectivity index is 1.94. The van der Waals surface area contributed by atoms with Crippen molar-refractivity contribution in [3.05, 3.63) is 28.2 Å². The predicted molar refractivity (Wildman–Crippen MR) is 75.0 cm³/mol. The molecule has 0 heterocycles. The van der Waals surface area contributed by atoms with Gasteiger partial charge in [0.15, 0.2) is 0 Å². The molecule has 0 unspecified atom stereocenters. The van der Waals surface area contributed by atoms with E-state index in [1.165, 1.54) is 0 Å². The molecular weight excluding hydrogens is 350 g/mol. The SMILES string of the molecule is O=C(Nc1cc(Br)c(F)cc1F)N[C@H]1CC[C@@H](C(=O)O)C1. The molecule has 0 spiro atoms. The molecule has 2 rings (SSSR count). The number of rotatable bonds is 3. The number of hydrogen-bond acceptors (Lipinski definition) is 2. The standard InChI is InChI=1S/C13H13BrF2N2O3/c14-8-4-11(10(16)5-9(8)15)18-13(21)17-7-2-1-6(3-7)12(19)20/h4-7H,1-3H2,(H,19,20)(H2,17,18,21)/t6-,7+/m1/s1. The summed E-state index contributed by atoms with van der Waals surface area (Å²) < 4.78 is 26.6. The first-order chi connectivity index (χ1) is 9.86. The van der Waals surface area contributed by atoms with Gasteiger partial charge in [0.25, 0.3) is 0 Å². The van der Waals surface area contributed by atoms with Gasteiger partial charge in [-0.15, -0.1) is 0 Å². The minimum absolute atomic E-state index is 0.0333. The van der Waals surface area contributed by atoms with Gasteiger partial charge in [-0.3, -0.25) is 4.79 Å². The van der Waals surface area contributed by atoms with Gasteiger partial charge in [-0.25, -0.2) is 13.6 Å². The van der Waals surface area contributed by atoms with Gasteiger partial charge in [-0.2, -0.15) is 0 Å². The predicted octanol–water partition coefficient (Wildman–Crippen LogP) is 3.10. The van der Waals surface area contributed by atoms with Gasteiger partial charge in [-0.1, -0.05) is 0 Å². The lowest BCUT2D eigenvalue weighted by molar-refractivity contribution is -0.141. The van der Waals surface area contributed by atoms with Gasteiger partial charge < -0.3 is 15.7 Å². The van der Waals surface area contributed by atoms with Gasteiger partial charge in [0.05, 0.1) is 16.1 Å². The Morgan fingerprint density at radius 1 is 1.24 bits per heavy atom. The number of carboxylic acid groups (broad SMARTS) is 1. The third kappa shape index (κ3) is 3.90. The minimum Gasteiger partial charge on any atom is -0.481 e. The Morgan fingerprint density at radius 3 is 2.57 bits per heavy atom. The summed E-state index contributed by atoms with van der Waals surface area (Å²) in [5.74, 6) is -3.00. The molecule has 21 heavy (non-hydrogen) atoms. The van der Waals surface area contributed by atoms with Crippen molar-refractivity contribution in [2.75, 3.05) is 5.32 Å². The summed E-state index contributed by atoms with van der Waals surface area (Å²) in [6, 6.07) is 0.871. The molecule has 0 radical (unpaired) electrons. The number of aliphatic carboxylic acids is 1. The van der Waals surface area contributed by atoms with E-state index in [4.69, 9.17) is 5.11 Å². The summed E-state index contributed by atoms with van der Waals surface area (Å²) in [6.07, 6.45) is 1.40. The van der Waals surface area contributed by atoms with Crippen molar-refractivity contribution < 1.29 is 23.5 Å². The van der Waals surface area contributed by atoms with Crippen molar-refractivity contribution in [3.8, 4) is 0 Å². The molecule has 1 aromatic rings. The van der Waals surface area contributed by atoms with Crippen molar-refractivity contribution in [2.45, 2.75) is 25.3 Å². The number of hydrogen-bond donors (Lipinski definition) is 3. The van der Waals surface area contributed by atoms with E-state index in [-0.39, 0.29) is 16.2 Å². The minimum atomic E-state index is -0.888. The lowest BCUT2D eigenvalue weighted by Gasteiger charge is -2.14. The summed E-state index contributed by atoms with van der Waals surface area (Å²) in [5.41, 5.74) is -0.159. The van der Waals surface area contributed by atoms with Crippen molar-refractivity contribution in [1.29, 1.82) is 0 Å². The van der Waals surface area contributed by atoms with Crippen LogP contribution in [0.25, 0.3) is 0 Å². The number of carboxylic acids is 1. The molecule has 1 aromatic carbocycles. The fourth-order valence-corrected chi connectivity index (χ4v) is 2.64. The van der Waals surface area contributed by atoms with Crippen LogP contribution in [-0.2, 0) is 4.79 Å². The Hall–Kier alpha value is -1.70. The summed E-state index contributed by atoms with van der Waals surface area (Å²) in [6.45, 7) is 0. The summed E-state index contributed by atoms with van der Waals surface area (Å²) in [5, 5.41) is 13.7. The van der Waals surface area contributed by atoms with Crippen molar-refractivity contribution in [1.82, 2.24) is 5.32 Å². The first kappa shape index (κ1) is 15.7. The van der Waals surface area contributed by atoms with Crippen LogP contribution in [0.3, 0.4) is 0 Å². The zero-order valence-corrected chi connectivity index (χ0v) is 12.4. The maximum absolute atomic E-state index is 13.5. The molecule has 114 valence electrons. The number of urea groups is 1. The molecule has 2 atom stereocenters. The third-order valence-corrected chi connectivity index (χ3v) is 3.98. The molecule has 2 amide bonds. The highest BCUT2D eigenvalue weighted by atomic mass is 79.9. The summed E-state index contributed by atoms with van der Waals surface area (Å²) in [7, 11) is 0. The summed E-state index contributed by atoms with van der Waals surface area (Å²) >= 11 is 2.90. The molecule has 3 N–H and O–H groups in total. The molecule has 5 nitrogen and oxygen atoms in total. The van der Waals surface area contributed by atoms with Gasteiger partial charge in [-0.05, 0) is 41.3 Å². The second kappa shape index (κ2) is 6.38. The molecule has 1 fully saturated rings. The quantitative estimate of drug-likeness (QED) is 0.723. The van der Waals surface area contributed by atoms with Crippen LogP contribution >= 0.6 is 15.9 Å². The smallest absolute Gasteiger partial charge is 0.319 e. The van der Waals surface area contributed by atoms with Crippen molar-refractivity contribution in [3.63, 3.8) is 0 Å². The number of benzene rings is 1. The Labute approximate surface area is 127 Å². The Morgan fingerprint density at radius 2 is 1.95 bits per heavy atom. The molecule has 0 saturated heterocycles. The first-order valence-corrected chi connectivity index (χ1v) is 7.11. The highest BCUT2D eigenvalue weighted by molar-refractivity contribution is 9.10. The van der Waals surface area contributed by atoms with E-state index >= 15 is 0 Å². The number of halogens is 3. The molecule has 1 aliphatic carbocycles. The van der Waals surface area contributed by atoms with E-state index in [0.29, 0.717) is 25.3 Å². The van der Waals surface area contributed by atoms with E-state index in [1.807, 2.05) is 0 Å². The van der Waals surface area contributed by atoms with Crippen molar-refractivity contribution in [2.24, 2.45) is 5.92 Å². The van der Waals surface area contributed by atoms with Crippen LogP contribution in [0.1, 0.15) is 19.3 Å². The molecule has 0 aliphatic heterocycles. The molecule has 8 heteroatoms. The number of nitrogens with one attached hydrogen (secondary N) is 2.